The summed E-state index contributed by atoms with van der Waals surface area (Å²) >= 11 is 1.83. The number of hydrogen-bond acceptors (Lipinski definition) is 3. The molecular formula is C15H24N4S. The second-order valence-corrected chi connectivity index (χ2v) is 6.58. The highest BCUT2D eigenvalue weighted by molar-refractivity contribution is 7.14. The van der Waals surface area contributed by atoms with Gasteiger partial charge in [-0.25, -0.2) is 0 Å². The van der Waals surface area contributed by atoms with Crippen LogP contribution in [-0.2, 0) is 0 Å². The van der Waals surface area contributed by atoms with Gasteiger partial charge < -0.3 is 15.1 Å². The highest BCUT2D eigenvalue weighted by Crippen LogP contribution is 2.25. The summed E-state index contributed by atoms with van der Waals surface area (Å²) in [6.07, 6.45) is 4.18. The minimum absolute atomic E-state index is 0.874. The average Bonchev–Trinajstić information content (AvgIpc) is 2.96. The summed E-state index contributed by atoms with van der Waals surface area (Å²) in [6.45, 7) is 5.39. The Balaban J connectivity index is 1.48. The largest absolute Gasteiger partial charge is 0.360 e. The average molecular weight is 292 g/mol. The van der Waals surface area contributed by atoms with E-state index in [1.165, 1.54) is 24.3 Å². The first-order chi connectivity index (χ1) is 9.86. The number of guanidine groups is 1. The Hall–Kier alpha value is -1.23. The monoisotopic (exact) mass is 292 g/mol. The number of anilines is 1. The van der Waals surface area contributed by atoms with E-state index in [0.29, 0.717) is 0 Å². The fourth-order valence-electron chi connectivity index (χ4n) is 2.85. The molecule has 1 aromatic heterocycles. The van der Waals surface area contributed by atoms with Gasteiger partial charge in [-0.05, 0) is 36.3 Å². The molecule has 2 aliphatic rings. The lowest BCUT2D eigenvalue weighted by atomic mass is 9.85. The molecule has 20 heavy (non-hydrogen) atoms. The molecule has 2 fully saturated rings. The summed E-state index contributed by atoms with van der Waals surface area (Å²) in [5, 5.41) is 7.10. The van der Waals surface area contributed by atoms with Crippen molar-refractivity contribution in [2.45, 2.75) is 19.3 Å². The zero-order valence-electron chi connectivity index (χ0n) is 12.2. The Morgan fingerprint density at radius 2 is 2.15 bits per heavy atom. The van der Waals surface area contributed by atoms with Crippen LogP contribution in [0.1, 0.15) is 19.3 Å². The number of aliphatic imine (C=N–C) groups is 1. The molecule has 1 saturated carbocycles. The van der Waals surface area contributed by atoms with E-state index in [1.807, 2.05) is 18.4 Å². The summed E-state index contributed by atoms with van der Waals surface area (Å²) in [4.78, 5) is 9.31. The fraction of sp³-hybridized carbons (Fsp3) is 0.667. The second-order valence-electron chi connectivity index (χ2n) is 5.65. The molecular weight excluding hydrogens is 268 g/mol. The van der Waals surface area contributed by atoms with E-state index in [-0.39, 0.29) is 0 Å². The Morgan fingerprint density at radius 3 is 2.70 bits per heavy atom. The standard InChI is InChI=1S/C15H24N4S/c1-16-15(17-12-13-4-2-5-13)19-9-7-18(8-10-19)14-6-3-11-20-14/h3,6,11,13H,2,4-5,7-10,12H2,1H3,(H,16,17). The van der Waals surface area contributed by atoms with Gasteiger partial charge in [0.05, 0.1) is 5.00 Å². The third kappa shape index (κ3) is 3.08. The van der Waals surface area contributed by atoms with Crippen molar-refractivity contribution in [3.8, 4) is 0 Å². The zero-order valence-corrected chi connectivity index (χ0v) is 13.0. The minimum atomic E-state index is 0.874. The van der Waals surface area contributed by atoms with Crippen molar-refractivity contribution >= 4 is 22.3 Å². The van der Waals surface area contributed by atoms with E-state index in [9.17, 15) is 0 Å². The third-order valence-electron chi connectivity index (χ3n) is 4.38. The van der Waals surface area contributed by atoms with Crippen molar-refractivity contribution in [1.82, 2.24) is 10.2 Å². The van der Waals surface area contributed by atoms with Crippen LogP contribution in [0.3, 0.4) is 0 Å². The van der Waals surface area contributed by atoms with Crippen LogP contribution in [-0.4, -0.2) is 50.6 Å². The van der Waals surface area contributed by atoms with Gasteiger partial charge in [-0.1, -0.05) is 6.42 Å². The molecule has 0 amide bonds. The summed E-state index contributed by atoms with van der Waals surface area (Å²) in [7, 11) is 1.90. The van der Waals surface area contributed by atoms with E-state index in [4.69, 9.17) is 0 Å². The normalized spacial score (nSPS) is 20.9. The lowest BCUT2D eigenvalue weighted by Gasteiger charge is -2.37. The van der Waals surface area contributed by atoms with Gasteiger partial charge in [-0.3, -0.25) is 4.99 Å². The van der Waals surface area contributed by atoms with E-state index in [0.717, 1.165) is 44.6 Å². The van der Waals surface area contributed by atoms with E-state index >= 15 is 0 Å². The highest BCUT2D eigenvalue weighted by Gasteiger charge is 2.22. The molecule has 1 aliphatic carbocycles. The second kappa shape index (κ2) is 6.48. The summed E-state index contributed by atoms with van der Waals surface area (Å²) in [5.41, 5.74) is 0. The number of nitrogens with one attached hydrogen (secondary N) is 1. The molecule has 0 atom stereocenters. The van der Waals surface area contributed by atoms with Gasteiger partial charge in [-0.2, -0.15) is 0 Å². The molecule has 1 saturated heterocycles. The van der Waals surface area contributed by atoms with Gasteiger partial charge in [0.1, 0.15) is 0 Å². The van der Waals surface area contributed by atoms with Crippen LogP contribution >= 0.6 is 11.3 Å². The molecule has 1 aliphatic heterocycles. The molecule has 2 heterocycles. The maximum Gasteiger partial charge on any atom is 0.193 e. The summed E-state index contributed by atoms with van der Waals surface area (Å²) in [6, 6.07) is 4.34. The van der Waals surface area contributed by atoms with Crippen LogP contribution in [0.4, 0.5) is 5.00 Å². The molecule has 1 aromatic rings. The molecule has 0 aromatic carbocycles. The third-order valence-corrected chi connectivity index (χ3v) is 5.31. The first-order valence-electron chi connectivity index (χ1n) is 7.61. The van der Waals surface area contributed by atoms with Crippen LogP contribution in [0.5, 0.6) is 0 Å². The number of thiophene rings is 1. The van der Waals surface area contributed by atoms with Crippen molar-refractivity contribution in [1.29, 1.82) is 0 Å². The lowest BCUT2D eigenvalue weighted by Crippen LogP contribution is -2.53. The quantitative estimate of drug-likeness (QED) is 0.685. The van der Waals surface area contributed by atoms with Crippen molar-refractivity contribution in [3.63, 3.8) is 0 Å². The molecule has 110 valence electrons. The number of hydrogen-bond donors (Lipinski definition) is 1. The van der Waals surface area contributed by atoms with E-state index < -0.39 is 0 Å². The number of piperazine rings is 1. The first-order valence-corrected chi connectivity index (χ1v) is 8.49. The van der Waals surface area contributed by atoms with Crippen LogP contribution in [0, 0.1) is 5.92 Å². The lowest BCUT2D eigenvalue weighted by molar-refractivity contribution is 0.305. The SMILES string of the molecule is CN=C(NCC1CCC1)N1CCN(c2cccs2)CC1. The van der Waals surface area contributed by atoms with Gasteiger partial charge in [-0.15, -0.1) is 11.3 Å². The summed E-state index contributed by atoms with van der Waals surface area (Å²) < 4.78 is 0. The van der Waals surface area contributed by atoms with Crippen LogP contribution in [0.15, 0.2) is 22.5 Å². The predicted molar refractivity (Wildman–Crippen MR) is 86.8 cm³/mol. The molecule has 4 nitrogen and oxygen atoms in total. The van der Waals surface area contributed by atoms with Gasteiger partial charge in [0, 0.05) is 39.8 Å². The Morgan fingerprint density at radius 1 is 1.35 bits per heavy atom. The molecule has 0 radical (unpaired) electrons. The van der Waals surface area contributed by atoms with Gasteiger partial charge >= 0.3 is 0 Å². The molecule has 5 heteroatoms. The Labute approximate surface area is 125 Å². The Bertz CT molecular complexity index is 431. The maximum absolute atomic E-state index is 4.45. The fourth-order valence-corrected chi connectivity index (χ4v) is 3.64. The summed E-state index contributed by atoms with van der Waals surface area (Å²) in [5.74, 6) is 1.96. The van der Waals surface area contributed by atoms with Crippen molar-refractivity contribution in [2.75, 3.05) is 44.7 Å². The van der Waals surface area contributed by atoms with Gasteiger partial charge in [0.2, 0.25) is 0 Å². The molecule has 0 bridgehead atoms. The minimum Gasteiger partial charge on any atom is -0.360 e. The number of rotatable bonds is 3. The highest BCUT2D eigenvalue weighted by atomic mass is 32.1. The first kappa shape index (κ1) is 13.7. The molecule has 0 spiro atoms. The van der Waals surface area contributed by atoms with Crippen molar-refractivity contribution in [3.05, 3.63) is 17.5 Å². The maximum atomic E-state index is 4.45. The molecule has 3 rings (SSSR count). The van der Waals surface area contributed by atoms with Crippen molar-refractivity contribution < 1.29 is 0 Å². The van der Waals surface area contributed by atoms with E-state index in [1.54, 1.807) is 0 Å². The molecule has 0 unspecified atom stereocenters. The number of nitrogens with zero attached hydrogens (tertiary/aromatic N) is 3. The molecule has 1 N–H and O–H groups in total. The van der Waals surface area contributed by atoms with Crippen molar-refractivity contribution in [2.24, 2.45) is 10.9 Å². The van der Waals surface area contributed by atoms with E-state index in [2.05, 4.69) is 37.6 Å². The smallest absolute Gasteiger partial charge is 0.193 e. The van der Waals surface area contributed by atoms with Crippen LogP contribution < -0.4 is 10.2 Å². The zero-order chi connectivity index (χ0) is 13.8. The van der Waals surface area contributed by atoms with Crippen LogP contribution in [0.25, 0.3) is 0 Å². The predicted octanol–water partition coefficient (Wildman–Crippen LogP) is 2.25. The topological polar surface area (TPSA) is 30.9 Å². The van der Waals surface area contributed by atoms with Crippen LogP contribution in [0.2, 0.25) is 0 Å². The van der Waals surface area contributed by atoms with Gasteiger partial charge in [0.25, 0.3) is 0 Å². The Kier molecular flexibility index (Phi) is 4.45. The van der Waals surface area contributed by atoms with Gasteiger partial charge in [0.15, 0.2) is 5.96 Å².